The zero-order chi connectivity index (χ0) is 19.6. The van der Waals surface area contributed by atoms with E-state index in [0.29, 0.717) is 22.7 Å². The van der Waals surface area contributed by atoms with Gasteiger partial charge in [-0.3, -0.25) is 4.79 Å². The Morgan fingerprint density at radius 1 is 1.30 bits per heavy atom. The highest BCUT2D eigenvalue weighted by Gasteiger charge is 2.29. The molecule has 1 fully saturated rings. The quantitative estimate of drug-likeness (QED) is 0.667. The standard InChI is InChI=1S/C17H22N4O4S2/c1-11(2)21(3)27(23,24)14-8-6-13(7-9-14)18-15(22)10-26-17-20-19-16(25-17)12-4-5-12/h6-9,11-12H,4-5,10H2,1-3H3,(H,18,22). The van der Waals surface area contributed by atoms with E-state index in [2.05, 4.69) is 15.5 Å². The summed E-state index contributed by atoms with van der Waals surface area (Å²) in [6.07, 6.45) is 2.15. The molecule has 0 aliphatic heterocycles. The maximum absolute atomic E-state index is 12.4. The van der Waals surface area contributed by atoms with Crippen LogP contribution in [0.15, 0.2) is 38.8 Å². The van der Waals surface area contributed by atoms with Gasteiger partial charge in [-0.05, 0) is 51.0 Å². The Hall–Kier alpha value is -1.91. The number of hydrogen-bond acceptors (Lipinski definition) is 7. The van der Waals surface area contributed by atoms with Crippen molar-refractivity contribution in [2.24, 2.45) is 0 Å². The van der Waals surface area contributed by atoms with Crippen LogP contribution in [0.5, 0.6) is 0 Å². The van der Waals surface area contributed by atoms with Gasteiger partial charge in [0.2, 0.25) is 21.8 Å². The maximum Gasteiger partial charge on any atom is 0.277 e. The van der Waals surface area contributed by atoms with Gasteiger partial charge < -0.3 is 9.73 Å². The van der Waals surface area contributed by atoms with Crippen molar-refractivity contribution < 1.29 is 17.6 Å². The third-order valence-electron chi connectivity index (χ3n) is 4.22. The van der Waals surface area contributed by atoms with Crippen molar-refractivity contribution >= 4 is 33.4 Å². The second-order valence-corrected chi connectivity index (χ2v) is 9.58. The predicted octanol–water partition coefficient (Wildman–Crippen LogP) is 2.71. The molecule has 0 unspecified atom stereocenters. The zero-order valence-corrected chi connectivity index (χ0v) is 17.0. The molecular weight excluding hydrogens is 388 g/mol. The minimum atomic E-state index is -3.54. The Bertz CT molecular complexity index is 905. The number of anilines is 1. The number of amides is 1. The van der Waals surface area contributed by atoms with Crippen LogP contribution in [-0.4, -0.2) is 47.7 Å². The Balaban J connectivity index is 1.54. The van der Waals surface area contributed by atoms with Crippen molar-refractivity contribution in [1.82, 2.24) is 14.5 Å². The molecule has 1 aliphatic rings. The molecule has 0 saturated heterocycles. The van der Waals surface area contributed by atoms with E-state index in [1.54, 1.807) is 33.0 Å². The Labute approximate surface area is 162 Å². The molecule has 1 aliphatic carbocycles. The van der Waals surface area contributed by atoms with Gasteiger partial charge in [-0.2, -0.15) is 4.31 Å². The number of benzene rings is 1. The summed E-state index contributed by atoms with van der Waals surface area (Å²) in [5.41, 5.74) is 0.524. The molecule has 1 amide bonds. The fraction of sp³-hybridized carbons (Fsp3) is 0.471. The van der Waals surface area contributed by atoms with Crippen LogP contribution in [0.25, 0.3) is 0 Å². The number of thioether (sulfide) groups is 1. The van der Waals surface area contributed by atoms with E-state index >= 15 is 0 Å². The van der Waals surface area contributed by atoms with Gasteiger partial charge in [0.1, 0.15) is 0 Å². The number of nitrogens with zero attached hydrogens (tertiary/aromatic N) is 3. The number of rotatable bonds is 8. The first-order valence-corrected chi connectivity index (χ1v) is 11.0. The van der Waals surface area contributed by atoms with E-state index in [1.807, 2.05) is 0 Å². The van der Waals surface area contributed by atoms with Crippen LogP contribution in [-0.2, 0) is 14.8 Å². The first kappa shape index (κ1) is 19.8. The monoisotopic (exact) mass is 410 g/mol. The Morgan fingerprint density at radius 3 is 2.56 bits per heavy atom. The Morgan fingerprint density at radius 2 is 1.96 bits per heavy atom. The second kappa shape index (κ2) is 7.99. The van der Waals surface area contributed by atoms with Gasteiger partial charge in [0.25, 0.3) is 5.22 Å². The molecule has 0 bridgehead atoms. The van der Waals surface area contributed by atoms with Gasteiger partial charge in [0, 0.05) is 24.7 Å². The lowest BCUT2D eigenvalue weighted by Gasteiger charge is -2.21. The minimum absolute atomic E-state index is 0.127. The number of carbonyl (C=O) groups excluding carboxylic acids is 1. The average Bonchev–Trinajstić information content (AvgIpc) is 3.38. The molecule has 1 aromatic carbocycles. The van der Waals surface area contributed by atoms with Gasteiger partial charge in [-0.15, -0.1) is 10.2 Å². The Kier molecular flexibility index (Phi) is 5.87. The highest BCUT2D eigenvalue weighted by molar-refractivity contribution is 7.99. The molecule has 1 aromatic heterocycles. The van der Waals surface area contributed by atoms with Crippen LogP contribution in [0.2, 0.25) is 0 Å². The summed E-state index contributed by atoms with van der Waals surface area (Å²) in [6, 6.07) is 5.97. The van der Waals surface area contributed by atoms with E-state index in [1.165, 1.54) is 28.2 Å². The van der Waals surface area contributed by atoms with E-state index in [9.17, 15) is 13.2 Å². The molecule has 27 heavy (non-hydrogen) atoms. The lowest BCUT2D eigenvalue weighted by atomic mass is 10.3. The third kappa shape index (κ3) is 4.88. The fourth-order valence-electron chi connectivity index (χ4n) is 2.25. The number of aromatic nitrogens is 2. The van der Waals surface area contributed by atoms with Crippen LogP contribution in [0.4, 0.5) is 5.69 Å². The van der Waals surface area contributed by atoms with Crippen LogP contribution >= 0.6 is 11.8 Å². The second-order valence-electron chi connectivity index (χ2n) is 6.66. The maximum atomic E-state index is 12.4. The topological polar surface area (TPSA) is 105 Å². The average molecular weight is 411 g/mol. The number of sulfonamides is 1. The molecule has 0 radical (unpaired) electrons. The van der Waals surface area contributed by atoms with Gasteiger partial charge in [-0.1, -0.05) is 11.8 Å². The molecule has 1 heterocycles. The van der Waals surface area contributed by atoms with E-state index in [4.69, 9.17) is 4.42 Å². The van der Waals surface area contributed by atoms with E-state index in [-0.39, 0.29) is 22.6 Å². The van der Waals surface area contributed by atoms with Gasteiger partial charge >= 0.3 is 0 Å². The summed E-state index contributed by atoms with van der Waals surface area (Å²) in [5, 5.41) is 11.0. The predicted molar refractivity (Wildman–Crippen MR) is 102 cm³/mol. The molecule has 0 atom stereocenters. The molecular formula is C17H22N4O4S2. The molecule has 8 nitrogen and oxygen atoms in total. The van der Waals surface area contributed by atoms with Crippen LogP contribution in [0.3, 0.4) is 0 Å². The first-order chi connectivity index (χ1) is 12.8. The highest BCUT2D eigenvalue weighted by Crippen LogP contribution is 2.39. The van der Waals surface area contributed by atoms with E-state index in [0.717, 1.165) is 12.8 Å². The normalized spacial score (nSPS) is 14.7. The smallest absolute Gasteiger partial charge is 0.277 e. The minimum Gasteiger partial charge on any atom is -0.416 e. The summed E-state index contributed by atoms with van der Waals surface area (Å²) >= 11 is 1.17. The number of hydrogen-bond donors (Lipinski definition) is 1. The number of nitrogens with one attached hydrogen (secondary N) is 1. The molecule has 146 valence electrons. The lowest BCUT2D eigenvalue weighted by molar-refractivity contribution is -0.113. The summed E-state index contributed by atoms with van der Waals surface area (Å²) in [7, 11) is -2.00. The summed E-state index contributed by atoms with van der Waals surface area (Å²) in [4.78, 5) is 12.3. The SMILES string of the molecule is CC(C)N(C)S(=O)(=O)c1ccc(NC(=O)CSc2nnc(C3CC3)o2)cc1. The molecule has 0 spiro atoms. The first-order valence-electron chi connectivity index (χ1n) is 8.61. The molecule has 1 saturated carbocycles. The highest BCUT2D eigenvalue weighted by atomic mass is 32.2. The van der Waals surface area contributed by atoms with Gasteiger partial charge in [0.15, 0.2) is 0 Å². The van der Waals surface area contributed by atoms with Crippen molar-refractivity contribution in [3.63, 3.8) is 0 Å². The summed E-state index contributed by atoms with van der Waals surface area (Å²) < 4.78 is 31.7. The van der Waals surface area contributed by atoms with Crippen molar-refractivity contribution in [3.8, 4) is 0 Å². The van der Waals surface area contributed by atoms with Crippen molar-refractivity contribution in [1.29, 1.82) is 0 Å². The van der Waals surface area contributed by atoms with Crippen LogP contribution < -0.4 is 5.32 Å². The van der Waals surface area contributed by atoms with Crippen molar-refractivity contribution in [2.45, 2.75) is 48.8 Å². The van der Waals surface area contributed by atoms with Crippen LogP contribution in [0.1, 0.15) is 38.5 Å². The summed E-state index contributed by atoms with van der Waals surface area (Å²) in [5.74, 6) is 0.912. The lowest BCUT2D eigenvalue weighted by Crippen LogP contribution is -2.33. The third-order valence-corrected chi connectivity index (χ3v) is 7.08. The van der Waals surface area contributed by atoms with Crippen LogP contribution in [0, 0.1) is 0 Å². The summed E-state index contributed by atoms with van der Waals surface area (Å²) in [6.45, 7) is 3.61. The van der Waals surface area contributed by atoms with Crippen molar-refractivity contribution in [2.75, 3.05) is 18.1 Å². The molecule has 10 heteroatoms. The molecule has 1 N–H and O–H groups in total. The van der Waals surface area contributed by atoms with Gasteiger partial charge in [-0.25, -0.2) is 8.42 Å². The molecule has 3 rings (SSSR count). The zero-order valence-electron chi connectivity index (χ0n) is 15.4. The largest absolute Gasteiger partial charge is 0.416 e. The molecule has 2 aromatic rings. The van der Waals surface area contributed by atoms with Gasteiger partial charge in [0.05, 0.1) is 10.6 Å². The van der Waals surface area contributed by atoms with Crippen molar-refractivity contribution in [3.05, 3.63) is 30.2 Å². The number of carbonyl (C=O) groups is 1. The fourth-order valence-corrected chi connectivity index (χ4v) is 4.19. The van der Waals surface area contributed by atoms with E-state index < -0.39 is 10.0 Å².